The van der Waals surface area contributed by atoms with Gasteiger partial charge in [0.15, 0.2) is 0 Å². The third-order valence-corrected chi connectivity index (χ3v) is 5.90. The van der Waals surface area contributed by atoms with Crippen LogP contribution in [-0.2, 0) is 14.3 Å². The van der Waals surface area contributed by atoms with Crippen LogP contribution in [0.4, 0.5) is 0 Å². The molecule has 2 rings (SSSR count). The molecule has 0 bridgehead atoms. The zero-order valence-corrected chi connectivity index (χ0v) is 12.7. The molecule has 5 atom stereocenters. The average molecular weight is 277 g/mol. The third-order valence-electron chi connectivity index (χ3n) is 5.90. The van der Waals surface area contributed by atoms with Crippen LogP contribution in [0.1, 0.15) is 46.5 Å². The molecule has 0 N–H and O–H groups in total. The van der Waals surface area contributed by atoms with Gasteiger partial charge in [-0.25, -0.2) is 0 Å². The first-order valence-electron chi connectivity index (χ1n) is 7.31. The van der Waals surface area contributed by atoms with Crippen LogP contribution in [-0.4, -0.2) is 18.9 Å². The van der Waals surface area contributed by atoms with E-state index in [1.54, 1.807) is 0 Å². The number of ketones is 1. The van der Waals surface area contributed by atoms with E-state index in [4.69, 9.17) is 4.74 Å². The molecule has 2 aliphatic rings. The molecule has 0 spiro atoms. The van der Waals surface area contributed by atoms with Gasteiger partial charge in [0, 0.05) is 12.3 Å². The number of carbonyl (C=O) groups excluding carboxylic acids is 2. The smallest absolute Gasteiger partial charge is 0.306 e. The van der Waals surface area contributed by atoms with Crippen molar-refractivity contribution in [1.29, 1.82) is 5.26 Å². The SMILES string of the molecule is COC(=O)C[C@]12CCC(=O)[C@H]1[C@](C)(C#N)[C@H](C)[C@@H](C)C2. The molecular weight excluding hydrogens is 254 g/mol. The summed E-state index contributed by atoms with van der Waals surface area (Å²) in [6.45, 7) is 6.08. The zero-order chi connectivity index (χ0) is 15.1. The molecule has 4 heteroatoms. The Kier molecular flexibility index (Phi) is 3.66. The fourth-order valence-corrected chi connectivity index (χ4v) is 4.65. The van der Waals surface area contributed by atoms with Crippen LogP contribution >= 0.6 is 0 Å². The molecule has 0 unspecified atom stereocenters. The van der Waals surface area contributed by atoms with Gasteiger partial charge in [0.05, 0.1) is 25.0 Å². The topological polar surface area (TPSA) is 67.2 Å². The Morgan fingerprint density at radius 3 is 2.70 bits per heavy atom. The second-order valence-corrected chi connectivity index (χ2v) is 6.88. The Balaban J connectivity index is 2.47. The van der Waals surface area contributed by atoms with E-state index in [0.717, 1.165) is 6.42 Å². The quantitative estimate of drug-likeness (QED) is 0.728. The number of esters is 1. The van der Waals surface area contributed by atoms with Gasteiger partial charge in [-0.1, -0.05) is 13.8 Å². The van der Waals surface area contributed by atoms with Gasteiger partial charge >= 0.3 is 5.97 Å². The Hall–Kier alpha value is -1.37. The highest BCUT2D eigenvalue weighted by Crippen LogP contribution is 2.62. The highest BCUT2D eigenvalue weighted by atomic mass is 16.5. The summed E-state index contributed by atoms with van der Waals surface area (Å²) in [6, 6.07) is 2.41. The molecule has 0 aromatic rings. The molecule has 0 amide bonds. The minimum absolute atomic E-state index is 0.150. The number of Topliss-reactive ketones (excluding diaryl/α,β-unsaturated/α-hetero) is 1. The van der Waals surface area contributed by atoms with Crippen LogP contribution < -0.4 is 0 Å². The molecule has 0 aliphatic heterocycles. The van der Waals surface area contributed by atoms with Gasteiger partial charge in [0.1, 0.15) is 5.78 Å². The predicted molar refractivity (Wildman–Crippen MR) is 73.5 cm³/mol. The van der Waals surface area contributed by atoms with Gasteiger partial charge < -0.3 is 4.74 Å². The standard InChI is InChI=1S/C16H23NO3/c1-10-7-16(8-13(19)20-4)6-5-12(18)14(16)15(3,9-17)11(10)2/h10-11,14H,5-8H2,1-4H3/t10-,11+,14-,15+,16+/m0/s1. The van der Waals surface area contributed by atoms with Crippen molar-refractivity contribution in [2.24, 2.45) is 28.6 Å². The summed E-state index contributed by atoms with van der Waals surface area (Å²) in [4.78, 5) is 24.2. The molecule has 0 aromatic carbocycles. The second kappa shape index (κ2) is 4.87. The second-order valence-electron chi connectivity index (χ2n) is 6.88. The summed E-state index contributed by atoms with van der Waals surface area (Å²) in [5.41, 5.74) is -1.06. The van der Waals surface area contributed by atoms with Crippen LogP contribution in [0.2, 0.25) is 0 Å². The summed E-state index contributed by atoms with van der Waals surface area (Å²) in [6.07, 6.45) is 2.28. The number of rotatable bonds is 2. The van der Waals surface area contributed by atoms with E-state index >= 15 is 0 Å². The van der Waals surface area contributed by atoms with E-state index in [1.165, 1.54) is 7.11 Å². The molecular formula is C16H23NO3. The van der Waals surface area contributed by atoms with E-state index in [0.29, 0.717) is 18.8 Å². The lowest BCUT2D eigenvalue weighted by Crippen LogP contribution is -2.52. The molecule has 0 saturated heterocycles. The number of fused-ring (bicyclic) bond motifs is 1. The molecule has 0 aromatic heterocycles. The first kappa shape index (κ1) is 15.0. The molecule has 0 radical (unpaired) electrons. The maximum absolute atomic E-state index is 12.4. The van der Waals surface area contributed by atoms with Crippen molar-refractivity contribution in [2.45, 2.75) is 46.5 Å². The normalized spacial score (nSPS) is 43.8. The van der Waals surface area contributed by atoms with Gasteiger partial charge in [-0.05, 0) is 37.0 Å². The molecule has 4 nitrogen and oxygen atoms in total. The van der Waals surface area contributed by atoms with E-state index in [9.17, 15) is 14.9 Å². The van der Waals surface area contributed by atoms with Gasteiger partial charge in [-0.3, -0.25) is 9.59 Å². The molecule has 2 fully saturated rings. The van der Waals surface area contributed by atoms with Crippen molar-refractivity contribution in [1.82, 2.24) is 0 Å². The molecule has 2 aliphatic carbocycles. The van der Waals surface area contributed by atoms with Crippen LogP contribution in [0.15, 0.2) is 0 Å². The van der Waals surface area contributed by atoms with Crippen molar-refractivity contribution in [3.8, 4) is 6.07 Å². The van der Waals surface area contributed by atoms with Gasteiger partial charge in [0.25, 0.3) is 0 Å². The Bertz CT molecular complexity index is 481. The first-order chi connectivity index (χ1) is 9.30. The molecule has 110 valence electrons. The monoisotopic (exact) mass is 277 g/mol. The number of ether oxygens (including phenoxy) is 1. The van der Waals surface area contributed by atoms with Crippen molar-refractivity contribution in [2.75, 3.05) is 7.11 Å². The molecule has 0 heterocycles. The summed E-state index contributed by atoms with van der Waals surface area (Å²) < 4.78 is 4.82. The number of hydrogen-bond acceptors (Lipinski definition) is 4. The van der Waals surface area contributed by atoms with Crippen molar-refractivity contribution < 1.29 is 14.3 Å². The predicted octanol–water partition coefficient (Wildman–Crippen LogP) is 2.72. The maximum atomic E-state index is 12.4. The lowest BCUT2D eigenvalue weighted by atomic mass is 9.49. The Labute approximate surface area is 120 Å². The van der Waals surface area contributed by atoms with Crippen molar-refractivity contribution in [3.63, 3.8) is 0 Å². The lowest BCUT2D eigenvalue weighted by Gasteiger charge is -2.52. The summed E-state index contributed by atoms with van der Waals surface area (Å²) in [5.74, 6) is 0.0329. The highest BCUT2D eigenvalue weighted by Gasteiger charge is 2.63. The number of carbonyl (C=O) groups is 2. The maximum Gasteiger partial charge on any atom is 0.306 e. The zero-order valence-electron chi connectivity index (χ0n) is 12.7. The largest absolute Gasteiger partial charge is 0.469 e. The van der Waals surface area contributed by atoms with Crippen LogP contribution in [0.3, 0.4) is 0 Å². The number of nitrogens with zero attached hydrogens (tertiary/aromatic N) is 1. The lowest BCUT2D eigenvalue weighted by molar-refractivity contribution is -0.149. The number of hydrogen-bond donors (Lipinski definition) is 0. The van der Waals surface area contributed by atoms with Gasteiger partial charge in [-0.2, -0.15) is 5.26 Å². The molecule has 2 saturated carbocycles. The van der Waals surface area contributed by atoms with E-state index in [2.05, 4.69) is 19.9 Å². The van der Waals surface area contributed by atoms with Crippen molar-refractivity contribution >= 4 is 11.8 Å². The van der Waals surface area contributed by atoms with Gasteiger partial charge in [0.2, 0.25) is 0 Å². The van der Waals surface area contributed by atoms with E-state index in [1.807, 2.05) is 6.92 Å². The molecule has 20 heavy (non-hydrogen) atoms. The third kappa shape index (κ3) is 1.95. The summed E-state index contributed by atoms with van der Waals surface area (Å²) in [5, 5.41) is 9.69. The minimum atomic E-state index is -0.681. The van der Waals surface area contributed by atoms with Gasteiger partial charge in [-0.15, -0.1) is 0 Å². The Morgan fingerprint density at radius 1 is 1.50 bits per heavy atom. The average Bonchev–Trinajstić information content (AvgIpc) is 2.73. The van der Waals surface area contributed by atoms with Crippen molar-refractivity contribution in [3.05, 3.63) is 0 Å². The van der Waals surface area contributed by atoms with Crippen LogP contribution in [0, 0.1) is 39.9 Å². The summed E-state index contributed by atoms with van der Waals surface area (Å²) in [7, 11) is 1.38. The number of methoxy groups -OCH3 is 1. The van der Waals surface area contributed by atoms with Crippen LogP contribution in [0.25, 0.3) is 0 Å². The fourth-order valence-electron chi connectivity index (χ4n) is 4.65. The summed E-state index contributed by atoms with van der Waals surface area (Å²) >= 11 is 0. The van der Waals surface area contributed by atoms with Crippen LogP contribution in [0.5, 0.6) is 0 Å². The fraction of sp³-hybridized carbons (Fsp3) is 0.812. The Morgan fingerprint density at radius 2 is 2.15 bits per heavy atom. The van der Waals surface area contributed by atoms with E-state index < -0.39 is 5.41 Å². The number of nitriles is 1. The minimum Gasteiger partial charge on any atom is -0.469 e. The van der Waals surface area contributed by atoms with E-state index in [-0.39, 0.29) is 35.4 Å². The highest BCUT2D eigenvalue weighted by molar-refractivity contribution is 5.87. The first-order valence-corrected chi connectivity index (χ1v) is 7.31.